The van der Waals surface area contributed by atoms with Gasteiger partial charge in [-0.15, -0.1) is 0 Å². The minimum Gasteiger partial charge on any atom is -0.395 e. The molecule has 2 rings (SSSR count). The number of rotatable bonds is 6. The van der Waals surface area contributed by atoms with Gasteiger partial charge in [0.1, 0.15) is 0 Å². The monoisotopic (exact) mass is 226 g/mol. The Labute approximate surface area is 94.5 Å². The van der Waals surface area contributed by atoms with E-state index in [0.29, 0.717) is 12.6 Å². The maximum atomic E-state index is 9.28. The Balaban J connectivity index is 1.99. The zero-order valence-electron chi connectivity index (χ0n) is 8.80. The van der Waals surface area contributed by atoms with E-state index < -0.39 is 0 Å². The van der Waals surface area contributed by atoms with Crippen molar-refractivity contribution >= 4 is 11.3 Å². The molecule has 1 unspecified atom stereocenters. The van der Waals surface area contributed by atoms with Gasteiger partial charge in [-0.05, 0) is 35.2 Å². The fourth-order valence-corrected chi connectivity index (χ4v) is 2.53. The molecule has 0 bridgehead atoms. The number of aliphatic hydroxyl groups excluding tert-OH is 1. The molecular formula is C11H18N2OS. The highest BCUT2D eigenvalue weighted by Crippen LogP contribution is 2.30. The van der Waals surface area contributed by atoms with Crippen LogP contribution in [-0.4, -0.2) is 35.2 Å². The van der Waals surface area contributed by atoms with Crippen LogP contribution in [0.1, 0.15) is 18.4 Å². The van der Waals surface area contributed by atoms with Crippen LogP contribution < -0.4 is 5.73 Å². The Morgan fingerprint density at radius 2 is 2.40 bits per heavy atom. The van der Waals surface area contributed by atoms with Crippen LogP contribution in [0.5, 0.6) is 0 Å². The zero-order chi connectivity index (χ0) is 10.7. The summed E-state index contributed by atoms with van der Waals surface area (Å²) in [5.41, 5.74) is 7.01. The van der Waals surface area contributed by atoms with E-state index in [1.807, 2.05) is 0 Å². The van der Waals surface area contributed by atoms with E-state index in [4.69, 9.17) is 5.73 Å². The summed E-state index contributed by atoms with van der Waals surface area (Å²) in [4.78, 5) is 2.35. The SMILES string of the molecule is NCC(CO)N(Cc1ccsc1)C1CC1. The number of nitrogens with two attached hydrogens (primary N) is 1. The molecule has 0 saturated heterocycles. The van der Waals surface area contributed by atoms with Crippen molar-refractivity contribution in [1.29, 1.82) is 0 Å². The van der Waals surface area contributed by atoms with Crippen molar-refractivity contribution in [2.45, 2.75) is 31.5 Å². The van der Waals surface area contributed by atoms with Crippen LogP contribution >= 0.6 is 11.3 Å². The predicted octanol–water partition coefficient (Wildman–Crippen LogP) is 1.03. The van der Waals surface area contributed by atoms with Gasteiger partial charge >= 0.3 is 0 Å². The topological polar surface area (TPSA) is 49.5 Å². The molecule has 0 radical (unpaired) electrons. The van der Waals surface area contributed by atoms with E-state index in [9.17, 15) is 5.11 Å². The lowest BCUT2D eigenvalue weighted by Gasteiger charge is -2.29. The number of aliphatic hydroxyl groups is 1. The van der Waals surface area contributed by atoms with Gasteiger partial charge in [-0.25, -0.2) is 0 Å². The molecule has 0 spiro atoms. The Bertz CT molecular complexity index is 281. The molecule has 1 heterocycles. The quantitative estimate of drug-likeness (QED) is 0.762. The first-order valence-electron chi connectivity index (χ1n) is 5.43. The summed E-state index contributed by atoms with van der Waals surface area (Å²) in [5.74, 6) is 0. The normalized spacial score (nSPS) is 18.3. The van der Waals surface area contributed by atoms with Crippen molar-refractivity contribution in [3.63, 3.8) is 0 Å². The second-order valence-electron chi connectivity index (χ2n) is 4.11. The Kier molecular flexibility index (Phi) is 3.75. The summed E-state index contributed by atoms with van der Waals surface area (Å²) in [7, 11) is 0. The highest BCUT2D eigenvalue weighted by molar-refractivity contribution is 7.07. The molecule has 3 nitrogen and oxygen atoms in total. The molecule has 1 aliphatic carbocycles. The maximum Gasteiger partial charge on any atom is 0.0599 e. The van der Waals surface area contributed by atoms with Crippen LogP contribution in [0, 0.1) is 0 Å². The van der Waals surface area contributed by atoms with Gasteiger partial charge in [0.25, 0.3) is 0 Å². The van der Waals surface area contributed by atoms with E-state index in [1.54, 1.807) is 11.3 Å². The Morgan fingerprint density at radius 1 is 1.60 bits per heavy atom. The zero-order valence-corrected chi connectivity index (χ0v) is 9.62. The molecule has 0 amide bonds. The van der Waals surface area contributed by atoms with Crippen LogP contribution in [0.4, 0.5) is 0 Å². The molecule has 1 saturated carbocycles. The van der Waals surface area contributed by atoms with Gasteiger partial charge in [-0.1, -0.05) is 0 Å². The molecule has 1 aliphatic rings. The summed E-state index contributed by atoms with van der Waals surface area (Å²) < 4.78 is 0. The van der Waals surface area contributed by atoms with Crippen molar-refractivity contribution in [2.24, 2.45) is 5.73 Å². The average Bonchev–Trinajstić information content (AvgIpc) is 2.97. The van der Waals surface area contributed by atoms with Gasteiger partial charge in [0, 0.05) is 25.2 Å². The number of hydrogen-bond acceptors (Lipinski definition) is 4. The fourth-order valence-electron chi connectivity index (χ4n) is 1.87. The highest BCUT2D eigenvalue weighted by atomic mass is 32.1. The largest absolute Gasteiger partial charge is 0.395 e. The Morgan fingerprint density at radius 3 is 2.87 bits per heavy atom. The average molecular weight is 226 g/mol. The molecule has 1 aromatic heterocycles. The van der Waals surface area contributed by atoms with E-state index in [-0.39, 0.29) is 12.6 Å². The lowest BCUT2D eigenvalue weighted by atomic mass is 10.2. The third kappa shape index (κ3) is 2.78. The molecule has 84 valence electrons. The van der Waals surface area contributed by atoms with Crippen LogP contribution in [0.2, 0.25) is 0 Å². The predicted molar refractivity (Wildman–Crippen MR) is 62.8 cm³/mol. The van der Waals surface area contributed by atoms with Crippen LogP contribution in [0.25, 0.3) is 0 Å². The van der Waals surface area contributed by atoms with Gasteiger partial charge in [0.15, 0.2) is 0 Å². The minimum absolute atomic E-state index is 0.123. The standard InChI is InChI=1S/C11H18N2OS/c12-5-11(7-14)13(10-1-2-10)6-9-3-4-15-8-9/h3-4,8,10-11,14H,1-2,5-7,12H2. The molecule has 15 heavy (non-hydrogen) atoms. The van der Waals surface area contributed by atoms with Crippen LogP contribution in [0.3, 0.4) is 0 Å². The maximum absolute atomic E-state index is 9.28. The van der Waals surface area contributed by atoms with Gasteiger partial charge in [0.2, 0.25) is 0 Å². The van der Waals surface area contributed by atoms with E-state index in [0.717, 1.165) is 6.54 Å². The fraction of sp³-hybridized carbons (Fsp3) is 0.636. The van der Waals surface area contributed by atoms with Gasteiger partial charge in [-0.3, -0.25) is 4.90 Å². The lowest BCUT2D eigenvalue weighted by molar-refractivity contribution is 0.114. The first-order chi connectivity index (χ1) is 7.35. The summed E-state index contributed by atoms with van der Waals surface area (Å²) in [6, 6.07) is 2.91. The van der Waals surface area contributed by atoms with Crippen molar-refractivity contribution in [3.05, 3.63) is 22.4 Å². The third-order valence-corrected chi connectivity index (χ3v) is 3.65. The van der Waals surface area contributed by atoms with Crippen molar-refractivity contribution in [1.82, 2.24) is 4.90 Å². The molecular weight excluding hydrogens is 208 g/mol. The van der Waals surface area contributed by atoms with Crippen molar-refractivity contribution < 1.29 is 5.11 Å². The first kappa shape index (κ1) is 11.1. The van der Waals surface area contributed by atoms with Gasteiger partial charge in [-0.2, -0.15) is 11.3 Å². The second kappa shape index (κ2) is 5.07. The van der Waals surface area contributed by atoms with E-state index in [2.05, 4.69) is 21.7 Å². The van der Waals surface area contributed by atoms with E-state index >= 15 is 0 Å². The molecule has 1 atom stereocenters. The minimum atomic E-state index is 0.123. The van der Waals surface area contributed by atoms with Gasteiger partial charge in [0.05, 0.1) is 6.61 Å². The van der Waals surface area contributed by atoms with E-state index in [1.165, 1.54) is 18.4 Å². The van der Waals surface area contributed by atoms with Gasteiger partial charge < -0.3 is 10.8 Å². The summed E-state index contributed by atoms with van der Waals surface area (Å²) in [6.45, 7) is 1.63. The number of nitrogens with zero attached hydrogens (tertiary/aromatic N) is 1. The Hall–Kier alpha value is -0.420. The molecule has 3 N–H and O–H groups in total. The highest BCUT2D eigenvalue weighted by Gasteiger charge is 2.33. The van der Waals surface area contributed by atoms with Crippen LogP contribution in [-0.2, 0) is 6.54 Å². The second-order valence-corrected chi connectivity index (χ2v) is 4.89. The van der Waals surface area contributed by atoms with Crippen LogP contribution in [0.15, 0.2) is 16.8 Å². The number of thiophene rings is 1. The van der Waals surface area contributed by atoms with Crippen molar-refractivity contribution in [2.75, 3.05) is 13.2 Å². The number of hydrogen-bond donors (Lipinski definition) is 2. The summed E-state index contributed by atoms with van der Waals surface area (Å²) in [6.07, 6.45) is 2.50. The molecule has 0 aromatic carbocycles. The smallest absolute Gasteiger partial charge is 0.0599 e. The molecule has 1 aromatic rings. The molecule has 0 aliphatic heterocycles. The third-order valence-electron chi connectivity index (χ3n) is 2.91. The molecule has 4 heteroatoms. The lowest BCUT2D eigenvalue weighted by Crippen LogP contribution is -2.43. The first-order valence-corrected chi connectivity index (χ1v) is 6.37. The molecule has 1 fully saturated rings. The summed E-state index contributed by atoms with van der Waals surface area (Å²) in [5, 5.41) is 13.5. The van der Waals surface area contributed by atoms with Crippen molar-refractivity contribution in [3.8, 4) is 0 Å². The summed E-state index contributed by atoms with van der Waals surface area (Å²) >= 11 is 1.72.